The molecule has 5 heteroatoms. The van der Waals surface area contributed by atoms with Crippen molar-refractivity contribution in [1.82, 2.24) is 4.90 Å². The Morgan fingerprint density at radius 2 is 1.75 bits per heavy atom. The van der Waals surface area contributed by atoms with E-state index in [0.29, 0.717) is 12.1 Å². The van der Waals surface area contributed by atoms with E-state index in [1.54, 1.807) is 0 Å². The number of amides is 1. The molecule has 0 radical (unpaired) electrons. The van der Waals surface area contributed by atoms with Gasteiger partial charge >= 0.3 is 5.63 Å². The van der Waals surface area contributed by atoms with Gasteiger partial charge in [0.1, 0.15) is 5.58 Å². The van der Waals surface area contributed by atoms with E-state index in [0.717, 1.165) is 38.9 Å². The fourth-order valence-electron chi connectivity index (χ4n) is 3.31. The molecular formula is C23H26N2O3. The first-order valence-corrected chi connectivity index (χ1v) is 9.33. The molecule has 0 bridgehead atoms. The van der Waals surface area contributed by atoms with Crippen molar-refractivity contribution in [3.05, 3.63) is 74.6 Å². The lowest BCUT2D eigenvalue weighted by Gasteiger charge is -2.18. The van der Waals surface area contributed by atoms with Gasteiger partial charge in [-0.05, 0) is 68.6 Å². The zero-order valence-corrected chi connectivity index (χ0v) is 17.1. The minimum absolute atomic E-state index is 0.0875. The molecule has 0 unspecified atom stereocenters. The largest absolute Gasteiger partial charge is 0.422 e. The molecule has 0 atom stereocenters. The van der Waals surface area contributed by atoms with Gasteiger partial charge in [0.15, 0.2) is 0 Å². The predicted molar refractivity (Wildman–Crippen MR) is 113 cm³/mol. The number of carbonyl (C=O) groups is 1. The summed E-state index contributed by atoms with van der Waals surface area (Å²) < 4.78 is 5.43. The van der Waals surface area contributed by atoms with Gasteiger partial charge in [-0.1, -0.05) is 24.3 Å². The van der Waals surface area contributed by atoms with Gasteiger partial charge in [-0.3, -0.25) is 9.69 Å². The molecule has 0 spiro atoms. The highest BCUT2D eigenvalue weighted by molar-refractivity contribution is 5.93. The van der Waals surface area contributed by atoms with Crippen LogP contribution in [0, 0.1) is 27.7 Å². The van der Waals surface area contributed by atoms with Crippen molar-refractivity contribution in [2.45, 2.75) is 34.2 Å². The molecule has 1 N–H and O–H groups in total. The van der Waals surface area contributed by atoms with Gasteiger partial charge in [0.25, 0.3) is 0 Å². The Kier molecular flexibility index (Phi) is 5.66. The molecule has 2 aromatic carbocycles. The Balaban J connectivity index is 1.77. The Bertz CT molecular complexity index is 1100. The number of nitrogens with one attached hydrogen (secondary N) is 1. The van der Waals surface area contributed by atoms with Crippen LogP contribution in [0.5, 0.6) is 0 Å². The van der Waals surface area contributed by atoms with Gasteiger partial charge < -0.3 is 9.73 Å². The van der Waals surface area contributed by atoms with Gasteiger partial charge in [0, 0.05) is 23.7 Å². The lowest BCUT2D eigenvalue weighted by Crippen LogP contribution is -2.30. The number of hydrogen-bond donors (Lipinski definition) is 1. The van der Waals surface area contributed by atoms with E-state index in [1.165, 1.54) is 6.07 Å². The number of benzene rings is 2. The Morgan fingerprint density at radius 1 is 1.04 bits per heavy atom. The summed E-state index contributed by atoms with van der Waals surface area (Å²) in [5, 5.41) is 3.88. The molecule has 0 aliphatic carbocycles. The van der Waals surface area contributed by atoms with Crippen LogP contribution in [0.3, 0.4) is 0 Å². The van der Waals surface area contributed by atoms with Crippen LogP contribution in [-0.2, 0) is 11.3 Å². The number of carbonyl (C=O) groups excluding carboxylic acids is 1. The maximum Gasteiger partial charge on any atom is 0.336 e. The summed E-state index contributed by atoms with van der Waals surface area (Å²) in [5.41, 5.74) is 6.11. The van der Waals surface area contributed by atoms with E-state index in [1.807, 2.05) is 70.0 Å². The van der Waals surface area contributed by atoms with Crippen molar-refractivity contribution in [2.75, 3.05) is 18.9 Å². The van der Waals surface area contributed by atoms with Gasteiger partial charge in [0.05, 0.1) is 6.54 Å². The number of anilines is 1. The minimum Gasteiger partial charge on any atom is -0.422 e. The number of fused-ring (bicyclic) bond motifs is 1. The standard InChI is InChI=1S/C23H26N2O3/c1-14-6-7-16(3)20(10-14)24-21(26)13-25(5)12-18-11-22(27)28-23-17(4)15(2)8-9-19(18)23/h6-11H,12-13H2,1-5H3,(H,24,26). The topological polar surface area (TPSA) is 62.6 Å². The number of hydrogen-bond acceptors (Lipinski definition) is 4. The molecule has 5 nitrogen and oxygen atoms in total. The Hall–Kier alpha value is -2.92. The molecular weight excluding hydrogens is 352 g/mol. The average molecular weight is 378 g/mol. The predicted octanol–water partition coefficient (Wildman–Crippen LogP) is 4.10. The molecule has 146 valence electrons. The molecule has 0 saturated carbocycles. The van der Waals surface area contributed by atoms with E-state index >= 15 is 0 Å². The summed E-state index contributed by atoms with van der Waals surface area (Å²) in [6.45, 7) is 8.61. The molecule has 1 aromatic heterocycles. The lowest BCUT2D eigenvalue weighted by atomic mass is 10.0. The summed E-state index contributed by atoms with van der Waals surface area (Å²) in [7, 11) is 1.87. The van der Waals surface area contributed by atoms with Crippen molar-refractivity contribution >= 4 is 22.6 Å². The van der Waals surface area contributed by atoms with E-state index in [4.69, 9.17) is 4.42 Å². The molecule has 3 aromatic rings. The van der Waals surface area contributed by atoms with E-state index in [2.05, 4.69) is 5.32 Å². The minimum atomic E-state index is -0.371. The molecule has 0 fully saturated rings. The number of likely N-dealkylation sites (N-methyl/N-ethyl adjacent to an activating group) is 1. The van der Waals surface area contributed by atoms with Gasteiger partial charge in [-0.15, -0.1) is 0 Å². The second kappa shape index (κ2) is 7.98. The first-order valence-electron chi connectivity index (χ1n) is 9.33. The van der Waals surface area contributed by atoms with Crippen LogP contribution in [-0.4, -0.2) is 24.4 Å². The zero-order valence-electron chi connectivity index (χ0n) is 17.1. The third-order valence-corrected chi connectivity index (χ3v) is 5.04. The SMILES string of the molecule is Cc1ccc(C)c(NC(=O)CN(C)Cc2cc(=O)oc3c(C)c(C)ccc23)c1. The summed E-state index contributed by atoms with van der Waals surface area (Å²) in [5.74, 6) is -0.0875. The van der Waals surface area contributed by atoms with Crippen LogP contribution in [0.25, 0.3) is 11.0 Å². The molecule has 0 aliphatic heterocycles. The van der Waals surface area contributed by atoms with Crippen LogP contribution >= 0.6 is 0 Å². The molecule has 28 heavy (non-hydrogen) atoms. The van der Waals surface area contributed by atoms with E-state index in [9.17, 15) is 9.59 Å². The second-order valence-corrected chi connectivity index (χ2v) is 7.51. The maximum absolute atomic E-state index is 12.5. The van der Waals surface area contributed by atoms with Crippen molar-refractivity contribution < 1.29 is 9.21 Å². The summed E-state index contributed by atoms with van der Waals surface area (Å²) in [6.07, 6.45) is 0. The van der Waals surface area contributed by atoms with Crippen LogP contribution in [0.15, 0.2) is 45.6 Å². The fraction of sp³-hybridized carbons (Fsp3) is 0.304. The number of nitrogens with zero attached hydrogens (tertiary/aromatic N) is 1. The molecule has 3 rings (SSSR count). The first-order chi connectivity index (χ1) is 13.2. The van der Waals surface area contributed by atoms with Gasteiger partial charge in [0.2, 0.25) is 5.91 Å². The third-order valence-electron chi connectivity index (χ3n) is 5.04. The number of rotatable bonds is 5. The molecule has 1 heterocycles. The van der Waals surface area contributed by atoms with E-state index < -0.39 is 0 Å². The molecule has 0 saturated heterocycles. The summed E-state index contributed by atoms with van der Waals surface area (Å²) in [6, 6.07) is 11.5. The molecule has 1 amide bonds. The fourth-order valence-corrected chi connectivity index (χ4v) is 3.31. The third kappa shape index (κ3) is 4.31. The van der Waals surface area contributed by atoms with Crippen LogP contribution in [0.4, 0.5) is 5.69 Å². The zero-order chi connectivity index (χ0) is 20.4. The monoisotopic (exact) mass is 378 g/mol. The summed E-state index contributed by atoms with van der Waals surface area (Å²) in [4.78, 5) is 26.4. The van der Waals surface area contributed by atoms with Gasteiger partial charge in [-0.25, -0.2) is 4.79 Å². The maximum atomic E-state index is 12.5. The highest BCUT2D eigenvalue weighted by atomic mass is 16.4. The van der Waals surface area contributed by atoms with E-state index in [-0.39, 0.29) is 18.1 Å². The van der Waals surface area contributed by atoms with Crippen molar-refractivity contribution in [3.63, 3.8) is 0 Å². The second-order valence-electron chi connectivity index (χ2n) is 7.51. The van der Waals surface area contributed by atoms with Gasteiger partial charge in [-0.2, -0.15) is 0 Å². The quantitative estimate of drug-likeness (QED) is 0.679. The normalized spacial score (nSPS) is 11.2. The number of aryl methyl sites for hydroxylation is 4. The average Bonchev–Trinajstić information content (AvgIpc) is 2.61. The Morgan fingerprint density at radius 3 is 2.50 bits per heavy atom. The van der Waals surface area contributed by atoms with Crippen molar-refractivity contribution in [2.24, 2.45) is 0 Å². The highest BCUT2D eigenvalue weighted by Gasteiger charge is 2.13. The molecule has 0 aliphatic rings. The lowest BCUT2D eigenvalue weighted by molar-refractivity contribution is -0.117. The Labute approximate surface area is 165 Å². The highest BCUT2D eigenvalue weighted by Crippen LogP contribution is 2.24. The van der Waals surface area contributed by atoms with Crippen LogP contribution in [0.1, 0.15) is 27.8 Å². The summed E-state index contributed by atoms with van der Waals surface area (Å²) >= 11 is 0. The van der Waals surface area contributed by atoms with Crippen molar-refractivity contribution in [1.29, 1.82) is 0 Å². The first kappa shape index (κ1) is 19.8. The van der Waals surface area contributed by atoms with Crippen LogP contribution in [0.2, 0.25) is 0 Å². The van der Waals surface area contributed by atoms with Crippen molar-refractivity contribution in [3.8, 4) is 0 Å². The smallest absolute Gasteiger partial charge is 0.336 e. The van der Waals surface area contributed by atoms with Crippen LogP contribution < -0.4 is 10.9 Å².